The van der Waals surface area contributed by atoms with Crippen LogP contribution in [0.1, 0.15) is 37.2 Å². The molecule has 3 fully saturated rings. The number of H-pyrrole nitrogens is 1. The Morgan fingerprint density at radius 2 is 2.03 bits per heavy atom. The highest BCUT2D eigenvalue weighted by Crippen LogP contribution is 2.46. The first kappa shape index (κ1) is 24.5. The smallest absolute Gasteiger partial charge is 0.475 e. The molecule has 32 heavy (non-hydrogen) atoms. The van der Waals surface area contributed by atoms with E-state index in [1.54, 1.807) is 15.3 Å². The maximum Gasteiger partial charge on any atom is 0.490 e. The molecule has 0 aliphatic carbocycles. The van der Waals surface area contributed by atoms with Crippen molar-refractivity contribution in [1.82, 2.24) is 19.4 Å². The van der Waals surface area contributed by atoms with Crippen molar-refractivity contribution in [1.29, 1.82) is 0 Å². The first-order valence-corrected chi connectivity index (χ1v) is 11.5. The van der Waals surface area contributed by atoms with Crippen molar-refractivity contribution in [2.75, 3.05) is 26.2 Å². The van der Waals surface area contributed by atoms with Crippen LogP contribution in [-0.2, 0) is 19.6 Å². The number of amides is 1. The maximum absolute atomic E-state index is 13.0. The number of nitrogens with zero attached hydrogens (tertiary/aromatic N) is 3. The number of carbonyl (C=O) groups excluding carboxylic acids is 1. The molecule has 4 heterocycles. The summed E-state index contributed by atoms with van der Waals surface area (Å²) in [6.45, 7) is 5.76. The molecule has 3 aliphatic rings. The Morgan fingerprint density at radius 1 is 1.38 bits per heavy atom. The van der Waals surface area contributed by atoms with Gasteiger partial charge >= 0.3 is 12.1 Å². The highest BCUT2D eigenvalue weighted by molar-refractivity contribution is 7.90. The molecule has 3 atom stereocenters. The first-order valence-electron chi connectivity index (χ1n) is 10.0. The van der Waals surface area contributed by atoms with Crippen molar-refractivity contribution < 1.29 is 41.0 Å². The van der Waals surface area contributed by atoms with E-state index in [4.69, 9.17) is 14.6 Å². The highest BCUT2D eigenvalue weighted by Gasteiger charge is 2.65. The minimum Gasteiger partial charge on any atom is -0.475 e. The van der Waals surface area contributed by atoms with Crippen LogP contribution >= 0.6 is 0 Å². The van der Waals surface area contributed by atoms with Gasteiger partial charge in [-0.25, -0.2) is 13.2 Å². The zero-order valence-electron chi connectivity index (χ0n) is 17.5. The Labute approximate surface area is 182 Å². The number of rotatable bonds is 4. The lowest BCUT2D eigenvalue weighted by Gasteiger charge is -2.39. The molecule has 3 aliphatic heterocycles. The predicted octanol–water partition coefficient (Wildman–Crippen LogP) is 1.09. The third-order valence-corrected chi connectivity index (χ3v) is 8.10. The number of hydrogen-bond donors (Lipinski definition) is 2. The summed E-state index contributed by atoms with van der Waals surface area (Å²) in [7, 11) is -3.38. The molecular weight excluding hydrogens is 457 g/mol. The number of alkyl halides is 3. The molecule has 2 N–H and O–H groups in total. The van der Waals surface area contributed by atoms with Crippen molar-refractivity contribution in [2.24, 2.45) is 5.92 Å². The SMILES string of the molecule is CC(C)CCN1C[C@@]23CN(C(=O)c4ccn[nH]4)C[C@@H](C[C@@H]2S1(=O)=O)O3.O=C(O)C(F)(F)F. The standard InChI is InChI=1S/C16H24N4O4S.C2HF3O2/c1-11(2)4-6-20-10-16-9-19(15(21)13-3-5-17-18-13)8-12(24-16)7-14(16)25(20,22)23;3-2(4,5)1(6)7/h3,5,11-12,14H,4,6-10H2,1-2H3,(H,17,18);(H,6,7)/t12-,14+,16+;/m1./s1. The van der Waals surface area contributed by atoms with Gasteiger partial charge < -0.3 is 14.7 Å². The van der Waals surface area contributed by atoms with Gasteiger partial charge in [-0.3, -0.25) is 9.89 Å². The second kappa shape index (κ2) is 8.63. The molecular formula is C18H25F3N4O6S. The number of likely N-dealkylation sites (tertiary alicyclic amines) is 1. The number of nitrogens with one attached hydrogen (secondary N) is 1. The van der Waals surface area contributed by atoms with Crippen LogP contribution in [0.3, 0.4) is 0 Å². The molecule has 1 amide bonds. The molecule has 1 aromatic heterocycles. The zero-order chi connectivity index (χ0) is 23.9. The number of ether oxygens (including phenoxy) is 1. The van der Waals surface area contributed by atoms with E-state index in [0.717, 1.165) is 6.42 Å². The van der Waals surface area contributed by atoms with Gasteiger partial charge in [-0.15, -0.1) is 0 Å². The van der Waals surface area contributed by atoms with E-state index in [-0.39, 0.29) is 12.0 Å². The van der Waals surface area contributed by atoms with Gasteiger partial charge in [0.2, 0.25) is 10.0 Å². The number of carbonyl (C=O) groups is 2. The molecule has 14 heteroatoms. The Bertz CT molecular complexity index is 952. The third-order valence-electron chi connectivity index (χ3n) is 5.73. The molecule has 0 aromatic carbocycles. The summed E-state index contributed by atoms with van der Waals surface area (Å²) in [6.07, 6.45) is -2.47. The van der Waals surface area contributed by atoms with E-state index in [2.05, 4.69) is 24.0 Å². The van der Waals surface area contributed by atoms with Gasteiger partial charge in [0.05, 0.1) is 12.6 Å². The van der Waals surface area contributed by atoms with E-state index < -0.39 is 33.0 Å². The minimum absolute atomic E-state index is 0.149. The first-order chi connectivity index (χ1) is 14.8. The zero-order valence-corrected chi connectivity index (χ0v) is 18.3. The summed E-state index contributed by atoms with van der Waals surface area (Å²) < 4.78 is 65.4. The Morgan fingerprint density at radius 3 is 2.56 bits per heavy atom. The summed E-state index contributed by atoms with van der Waals surface area (Å²) in [6, 6.07) is 1.63. The van der Waals surface area contributed by atoms with E-state index >= 15 is 0 Å². The van der Waals surface area contributed by atoms with Gasteiger partial charge in [-0.2, -0.15) is 22.6 Å². The monoisotopic (exact) mass is 482 g/mol. The van der Waals surface area contributed by atoms with Gasteiger partial charge in [0.15, 0.2) is 0 Å². The number of carboxylic acids is 1. The van der Waals surface area contributed by atoms with E-state index in [0.29, 0.717) is 44.2 Å². The van der Waals surface area contributed by atoms with Crippen molar-refractivity contribution >= 4 is 21.9 Å². The lowest BCUT2D eigenvalue weighted by Crippen LogP contribution is -2.56. The number of aliphatic carboxylic acids is 1. The maximum atomic E-state index is 13.0. The summed E-state index contributed by atoms with van der Waals surface area (Å²) in [4.78, 5) is 23.3. The van der Waals surface area contributed by atoms with Gasteiger partial charge in [0, 0.05) is 25.8 Å². The van der Waals surface area contributed by atoms with Crippen molar-refractivity contribution in [3.05, 3.63) is 18.0 Å². The molecule has 0 radical (unpaired) electrons. The second-order valence-electron chi connectivity index (χ2n) is 8.55. The van der Waals surface area contributed by atoms with Gasteiger partial charge in [0.25, 0.3) is 5.91 Å². The number of aromatic amines is 1. The summed E-state index contributed by atoms with van der Waals surface area (Å²) in [5, 5.41) is 13.1. The number of carboxylic acid groups (broad SMARTS) is 1. The van der Waals surface area contributed by atoms with E-state index in [9.17, 15) is 26.4 Å². The lowest BCUT2D eigenvalue weighted by atomic mass is 9.99. The number of aromatic nitrogens is 2. The number of fused-ring (bicyclic) bond motifs is 1. The third kappa shape index (κ3) is 4.76. The van der Waals surface area contributed by atoms with Crippen molar-refractivity contribution in [2.45, 2.75) is 49.8 Å². The van der Waals surface area contributed by atoms with Crippen molar-refractivity contribution in [3.8, 4) is 0 Å². The fourth-order valence-electron chi connectivity index (χ4n) is 4.25. The van der Waals surface area contributed by atoms with Crippen LogP contribution < -0.4 is 0 Å². The number of halogens is 3. The topological polar surface area (TPSA) is 133 Å². The molecule has 4 rings (SSSR count). The molecule has 180 valence electrons. The van der Waals surface area contributed by atoms with Crippen LogP contribution in [0.15, 0.2) is 12.3 Å². The molecule has 1 aromatic rings. The summed E-state index contributed by atoms with van der Waals surface area (Å²) in [5.41, 5.74) is -0.374. The molecule has 1 spiro atoms. The minimum atomic E-state index is -5.08. The summed E-state index contributed by atoms with van der Waals surface area (Å²) in [5.74, 6) is -2.47. The van der Waals surface area contributed by atoms with Crippen LogP contribution in [0.2, 0.25) is 0 Å². The van der Waals surface area contributed by atoms with Gasteiger partial charge in [-0.1, -0.05) is 13.8 Å². The number of hydrogen-bond acceptors (Lipinski definition) is 6. The Kier molecular flexibility index (Phi) is 6.60. The average Bonchev–Trinajstić information content (AvgIpc) is 3.34. The highest BCUT2D eigenvalue weighted by atomic mass is 32.2. The molecule has 0 saturated carbocycles. The predicted molar refractivity (Wildman–Crippen MR) is 104 cm³/mol. The van der Waals surface area contributed by atoms with E-state index in [1.807, 2.05) is 0 Å². The molecule has 10 nitrogen and oxygen atoms in total. The lowest BCUT2D eigenvalue weighted by molar-refractivity contribution is -0.192. The van der Waals surface area contributed by atoms with Crippen LogP contribution in [0.5, 0.6) is 0 Å². The largest absolute Gasteiger partial charge is 0.490 e. The van der Waals surface area contributed by atoms with Crippen molar-refractivity contribution in [3.63, 3.8) is 0 Å². The normalized spacial score (nSPS) is 28.9. The Balaban J connectivity index is 0.000000360. The fourth-order valence-corrected chi connectivity index (χ4v) is 6.58. The fraction of sp³-hybridized carbons (Fsp3) is 0.722. The van der Waals surface area contributed by atoms with E-state index in [1.165, 1.54) is 6.20 Å². The molecule has 3 saturated heterocycles. The van der Waals surface area contributed by atoms with Crippen LogP contribution in [0.25, 0.3) is 0 Å². The number of morpholine rings is 1. The molecule has 0 unspecified atom stereocenters. The summed E-state index contributed by atoms with van der Waals surface area (Å²) >= 11 is 0. The van der Waals surface area contributed by atoms with Crippen LogP contribution in [-0.4, -0.2) is 94.1 Å². The molecule has 2 bridgehead atoms. The van der Waals surface area contributed by atoms with Gasteiger partial charge in [-0.05, 0) is 24.8 Å². The average molecular weight is 482 g/mol. The Hall–Kier alpha value is -2.19. The van der Waals surface area contributed by atoms with Gasteiger partial charge in [0.1, 0.15) is 16.5 Å². The quantitative estimate of drug-likeness (QED) is 0.656. The second-order valence-corrected chi connectivity index (χ2v) is 10.7. The number of sulfonamides is 1. The van der Waals surface area contributed by atoms with Crippen LogP contribution in [0, 0.1) is 5.92 Å². The van der Waals surface area contributed by atoms with Crippen LogP contribution in [0.4, 0.5) is 13.2 Å².